The average Bonchev–Trinajstić information content (AvgIpc) is 2.19. The lowest BCUT2D eigenvalue weighted by molar-refractivity contribution is 0.0918. The summed E-state index contributed by atoms with van der Waals surface area (Å²) in [6, 6.07) is 0. The topological polar surface area (TPSA) is 50.2 Å². The number of halogens is 1. The van der Waals surface area contributed by atoms with Gasteiger partial charge in [0.05, 0.1) is 0 Å². The molecule has 1 aromatic rings. The van der Waals surface area contributed by atoms with E-state index in [0.717, 1.165) is 16.5 Å². The smallest absolute Gasteiger partial charge is 0.165 e. The fourth-order valence-corrected chi connectivity index (χ4v) is 2.27. The Bertz CT molecular complexity index is 378. The van der Waals surface area contributed by atoms with Crippen LogP contribution in [0.2, 0.25) is 0 Å². The largest absolute Gasteiger partial charge is 0.396 e. The molecule has 0 saturated heterocycles. The molecule has 0 spiro atoms. The number of carbonyl (C=O) groups is 1. The lowest BCUT2D eigenvalue weighted by atomic mass is 9.84. The van der Waals surface area contributed by atoms with Crippen LogP contribution in [0.15, 0.2) is 16.9 Å². The molecule has 2 rings (SSSR count). The van der Waals surface area contributed by atoms with Gasteiger partial charge in [-0.1, -0.05) is 0 Å². The lowest BCUT2D eigenvalue weighted by Gasteiger charge is -2.22. The summed E-state index contributed by atoms with van der Waals surface area (Å²) in [6.45, 7) is 0.0694. The van der Waals surface area contributed by atoms with Crippen molar-refractivity contribution < 1.29 is 9.90 Å². The first kappa shape index (κ1) is 9.80. The van der Waals surface area contributed by atoms with Crippen LogP contribution in [0.4, 0.5) is 0 Å². The van der Waals surface area contributed by atoms with Crippen molar-refractivity contribution >= 4 is 21.7 Å². The highest BCUT2D eigenvalue weighted by Gasteiger charge is 2.26. The third kappa shape index (κ3) is 1.60. The van der Waals surface area contributed by atoms with Gasteiger partial charge in [-0.2, -0.15) is 0 Å². The molecule has 4 heteroatoms. The summed E-state index contributed by atoms with van der Waals surface area (Å²) in [7, 11) is 0. The van der Waals surface area contributed by atoms with E-state index in [0.29, 0.717) is 12.0 Å². The van der Waals surface area contributed by atoms with Crippen LogP contribution in [0.1, 0.15) is 22.3 Å². The van der Waals surface area contributed by atoms with Gasteiger partial charge in [-0.05, 0) is 33.8 Å². The number of hydrogen-bond acceptors (Lipinski definition) is 3. The molecule has 0 bridgehead atoms. The van der Waals surface area contributed by atoms with Gasteiger partial charge in [-0.15, -0.1) is 0 Å². The summed E-state index contributed by atoms with van der Waals surface area (Å²) in [6.07, 6.45) is 4.48. The van der Waals surface area contributed by atoms with Gasteiger partial charge in [0, 0.05) is 35.5 Å². The molecule has 0 amide bonds. The number of aromatic nitrogens is 1. The average molecular weight is 256 g/mol. The van der Waals surface area contributed by atoms with Gasteiger partial charge in [0.25, 0.3) is 0 Å². The van der Waals surface area contributed by atoms with Crippen LogP contribution in [-0.2, 0) is 6.42 Å². The van der Waals surface area contributed by atoms with E-state index in [1.54, 1.807) is 12.4 Å². The number of nitrogens with zero attached hydrogens (tertiary/aromatic N) is 1. The van der Waals surface area contributed by atoms with Crippen LogP contribution in [0.3, 0.4) is 0 Å². The standard InChI is InChI=1S/C10H10BrNO2/c11-9-4-12-3-8-7(9)1-6(5-13)2-10(8)14/h3-4,6,13H,1-2,5H2. The molecular formula is C10H10BrNO2. The summed E-state index contributed by atoms with van der Waals surface area (Å²) >= 11 is 3.37. The van der Waals surface area contributed by atoms with Crippen molar-refractivity contribution in [3.8, 4) is 0 Å². The monoisotopic (exact) mass is 255 g/mol. The second-order valence-electron chi connectivity index (χ2n) is 3.53. The van der Waals surface area contributed by atoms with E-state index >= 15 is 0 Å². The van der Waals surface area contributed by atoms with Crippen molar-refractivity contribution in [2.75, 3.05) is 6.61 Å². The third-order valence-electron chi connectivity index (χ3n) is 2.53. The molecule has 1 aromatic heterocycles. The maximum atomic E-state index is 11.6. The van der Waals surface area contributed by atoms with Gasteiger partial charge in [0.15, 0.2) is 5.78 Å². The molecule has 1 aliphatic rings. The van der Waals surface area contributed by atoms with Crippen molar-refractivity contribution in [3.05, 3.63) is 28.0 Å². The molecular weight excluding hydrogens is 246 g/mol. The van der Waals surface area contributed by atoms with Crippen molar-refractivity contribution in [1.82, 2.24) is 4.98 Å². The number of aliphatic hydroxyl groups excluding tert-OH is 1. The highest BCUT2D eigenvalue weighted by Crippen LogP contribution is 2.29. The number of aliphatic hydroxyl groups is 1. The Kier molecular flexibility index (Phi) is 2.65. The van der Waals surface area contributed by atoms with Gasteiger partial charge in [-0.3, -0.25) is 9.78 Å². The molecule has 0 aliphatic heterocycles. The van der Waals surface area contributed by atoms with Crippen LogP contribution in [0, 0.1) is 5.92 Å². The molecule has 74 valence electrons. The van der Waals surface area contributed by atoms with Crippen molar-refractivity contribution in [1.29, 1.82) is 0 Å². The number of hydrogen-bond donors (Lipinski definition) is 1. The molecule has 1 N–H and O–H groups in total. The van der Waals surface area contributed by atoms with Crippen molar-refractivity contribution in [3.63, 3.8) is 0 Å². The summed E-state index contributed by atoms with van der Waals surface area (Å²) < 4.78 is 0.863. The van der Waals surface area contributed by atoms with Crippen LogP contribution < -0.4 is 0 Å². The molecule has 14 heavy (non-hydrogen) atoms. The van der Waals surface area contributed by atoms with Crippen LogP contribution in [0.5, 0.6) is 0 Å². The Hall–Kier alpha value is -0.740. The molecule has 0 saturated carbocycles. The first-order valence-corrected chi connectivity index (χ1v) is 5.28. The van der Waals surface area contributed by atoms with E-state index < -0.39 is 0 Å². The predicted molar refractivity (Wildman–Crippen MR) is 55.2 cm³/mol. The number of ketones is 1. The molecule has 0 aromatic carbocycles. The van der Waals surface area contributed by atoms with E-state index in [1.807, 2.05) is 0 Å². The highest BCUT2D eigenvalue weighted by molar-refractivity contribution is 9.10. The minimum absolute atomic E-state index is 0.0636. The predicted octanol–water partition coefficient (Wildman–Crippen LogP) is 1.58. The van der Waals surface area contributed by atoms with Gasteiger partial charge in [-0.25, -0.2) is 0 Å². The SMILES string of the molecule is O=C1CC(CO)Cc2c(Br)cncc21. The third-order valence-corrected chi connectivity index (χ3v) is 3.21. The molecule has 1 heterocycles. The fourth-order valence-electron chi connectivity index (χ4n) is 1.77. The number of Topliss-reactive ketones (excluding diaryl/α,β-unsaturated/α-hetero) is 1. The maximum Gasteiger partial charge on any atom is 0.165 e. The fraction of sp³-hybridized carbons (Fsp3) is 0.400. The van der Waals surface area contributed by atoms with Crippen LogP contribution in [0.25, 0.3) is 0 Å². The van der Waals surface area contributed by atoms with Crippen LogP contribution >= 0.6 is 15.9 Å². The Morgan fingerprint density at radius 1 is 1.50 bits per heavy atom. The van der Waals surface area contributed by atoms with Gasteiger partial charge >= 0.3 is 0 Å². The van der Waals surface area contributed by atoms with Crippen molar-refractivity contribution in [2.24, 2.45) is 5.92 Å². The zero-order valence-electron chi connectivity index (χ0n) is 7.53. The molecule has 3 nitrogen and oxygen atoms in total. The van der Waals surface area contributed by atoms with E-state index in [2.05, 4.69) is 20.9 Å². The minimum atomic E-state index is 0.0636. The Morgan fingerprint density at radius 3 is 3.00 bits per heavy atom. The van der Waals surface area contributed by atoms with Gasteiger partial charge in [0.2, 0.25) is 0 Å². The zero-order valence-corrected chi connectivity index (χ0v) is 9.12. The second-order valence-corrected chi connectivity index (χ2v) is 4.38. The molecule has 0 radical (unpaired) electrons. The quantitative estimate of drug-likeness (QED) is 0.829. The number of pyridine rings is 1. The lowest BCUT2D eigenvalue weighted by Crippen LogP contribution is -2.23. The van der Waals surface area contributed by atoms with Gasteiger partial charge in [0.1, 0.15) is 0 Å². The first-order chi connectivity index (χ1) is 6.72. The number of carbonyl (C=O) groups excluding carboxylic acids is 1. The minimum Gasteiger partial charge on any atom is -0.396 e. The summed E-state index contributed by atoms with van der Waals surface area (Å²) in [5, 5.41) is 9.04. The van der Waals surface area contributed by atoms with Crippen LogP contribution in [-0.4, -0.2) is 22.5 Å². The van der Waals surface area contributed by atoms with E-state index in [1.165, 1.54) is 0 Å². The normalized spacial score (nSPS) is 20.7. The van der Waals surface area contributed by atoms with E-state index in [-0.39, 0.29) is 18.3 Å². The zero-order chi connectivity index (χ0) is 10.1. The summed E-state index contributed by atoms with van der Waals surface area (Å²) in [4.78, 5) is 15.6. The first-order valence-electron chi connectivity index (χ1n) is 4.48. The van der Waals surface area contributed by atoms with Gasteiger partial charge < -0.3 is 5.11 Å². The van der Waals surface area contributed by atoms with E-state index in [9.17, 15) is 4.79 Å². The molecule has 1 aliphatic carbocycles. The Labute approximate surface area is 90.3 Å². The molecule has 1 unspecified atom stereocenters. The maximum absolute atomic E-state index is 11.6. The Balaban J connectivity index is 2.45. The van der Waals surface area contributed by atoms with E-state index in [4.69, 9.17) is 5.11 Å². The summed E-state index contributed by atoms with van der Waals surface area (Å²) in [5.74, 6) is 0.146. The molecule has 0 fully saturated rings. The molecule has 1 atom stereocenters. The number of rotatable bonds is 1. The van der Waals surface area contributed by atoms with Crippen molar-refractivity contribution in [2.45, 2.75) is 12.8 Å². The second kappa shape index (κ2) is 3.79. The summed E-state index contributed by atoms with van der Waals surface area (Å²) in [5.41, 5.74) is 1.68. The Morgan fingerprint density at radius 2 is 2.29 bits per heavy atom. The highest BCUT2D eigenvalue weighted by atomic mass is 79.9. The number of fused-ring (bicyclic) bond motifs is 1.